The van der Waals surface area contributed by atoms with E-state index in [1.54, 1.807) is 7.11 Å². The first kappa shape index (κ1) is 17.9. The van der Waals surface area contributed by atoms with E-state index in [9.17, 15) is 4.79 Å². The Morgan fingerprint density at radius 3 is 2.89 bits per heavy atom. The number of carbonyl (C=O) groups excluding carboxylic acids is 1. The number of piperidine rings is 1. The lowest BCUT2D eigenvalue weighted by Gasteiger charge is -2.29. The van der Waals surface area contributed by atoms with Gasteiger partial charge < -0.3 is 15.0 Å². The minimum Gasteiger partial charge on any atom is -0.497 e. The molecule has 1 N–H and O–H groups in total. The summed E-state index contributed by atoms with van der Waals surface area (Å²) in [6.07, 6.45) is 6.68. The second kappa shape index (κ2) is 8.05. The van der Waals surface area contributed by atoms with Crippen LogP contribution < -0.4 is 10.1 Å². The van der Waals surface area contributed by atoms with E-state index < -0.39 is 0 Å². The molecule has 2 aromatic rings. The molecule has 0 spiro atoms. The Hall–Kier alpha value is -2.47. The highest BCUT2D eigenvalue weighted by atomic mass is 16.5. The molecular weight excluding hydrogens is 340 g/mol. The number of amides is 1. The third kappa shape index (κ3) is 4.11. The summed E-state index contributed by atoms with van der Waals surface area (Å²) >= 11 is 0. The molecule has 1 aromatic carbocycles. The van der Waals surface area contributed by atoms with E-state index in [1.807, 2.05) is 35.4 Å². The number of aromatic nitrogens is 2. The smallest absolute Gasteiger partial charge is 0.227 e. The normalized spacial score (nSPS) is 19.4. The molecule has 0 saturated carbocycles. The third-order valence-corrected chi connectivity index (χ3v) is 5.44. The number of methoxy groups -OCH3 is 1. The Balaban J connectivity index is 1.40. The second-order valence-electron chi connectivity index (χ2n) is 7.29. The van der Waals surface area contributed by atoms with E-state index in [4.69, 9.17) is 9.72 Å². The van der Waals surface area contributed by atoms with Gasteiger partial charge in [-0.05, 0) is 37.1 Å². The maximum Gasteiger partial charge on any atom is 0.227 e. The van der Waals surface area contributed by atoms with Gasteiger partial charge >= 0.3 is 0 Å². The third-order valence-electron chi connectivity index (χ3n) is 5.44. The van der Waals surface area contributed by atoms with Crippen LogP contribution >= 0.6 is 0 Å². The average Bonchev–Trinajstić information content (AvgIpc) is 2.74. The largest absolute Gasteiger partial charge is 0.497 e. The maximum atomic E-state index is 12.7. The molecule has 2 aliphatic rings. The molecular formula is C21H26N4O2. The topological polar surface area (TPSA) is 67.3 Å². The summed E-state index contributed by atoms with van der Waals surface area (Å²) < 4.78 is 5.17. The van der Waals surface area contributed by atoms with Crippen molar-refractivity contribution >= 4 is 5.91 Å². The summed E-state index contributed by atoms with van der Waals surface area (Å²) in [4.78, 5) is 24.0. The van der Waals surface area contributed by atoms with Crippen LogP contribution in [0.2, 0.25) is 0 Å². The van der Waals surface area contributed by atoms with Gasteiger partial charge in [-0.15, -0.1) is 0 Å². The predicted molar refractivity (Wildman–Crippen MR) is 102 cm³/mol. The highest BCUT2D eigenvalue weighted by molar-refractivity contribution is 5.79. The van der Waals surface area contributed by atoms with E-state index in [0.717, 1.165) is 54.3 Å². The van der Waals surface area contributed by atoms with Crippen molar-refractivity contribution in [3.8, 4) is 5.75 Å². The highest BCUT2D eigenvalue weighted by Gasteiger charge is 2.24. The first-order valence-corrected chi connectivity index (χ1v) is 9.71. The van der Waals surface area contributed by atoms with Crippen molar-refractivity contribution < 1.29 is 9.53 Å². The van der Waals surface area contributed by atoms with Crippen LogP contribution in [0.5, 0.6) is 5.75 Å². The number of benzene rings is 1. The number of nitrogens with zero attached hydrogens (tertiary/aromatic N) is 3. The van der Waals surface area contributed by atoms with Crippen LogP contribution in [0, 0.1) is 0 Å². The molecule has 3 heterocycles. The maximum absolute atomic E-state index is 12.7. The van der Waals surface area contributed by atoms with Crippen LogP contribution in [0.4, 0.5) is 0 Å². The zero-order valence-electron chi connectivity index (χ0n) is 15.8. The summed E-state index contributed by atoms with van der Waals surface area (Å²) in [5.74, 6) is 1.86. The van der Waals surface area contributed by atoms with E-state index >= 15 is 0 Å². The molecule has 0 bridgehead atoms. The average molecular weight is 366 g/mol. The van der Waals surface area contributed by atoms with Gasteiger partial charge in [0.25, 0.3) is 0 Å². The van der Waals surface area contributed by atoms with Crippen molar-refractivity contribution in [2.24, 2.45) is 0 Å². The molecule has 2 aliphatic heterocycles. The lowest BCUT2D eigenvalue weighted by Crippen LogP contribution is -2.38. The number of fused-ring (bicyclic) bond motifs is 1. The SMILES string of the molecule is COc1ccc(CC(=O)N2CCc3nc([C@@H]4CCCCN4)ncc3C2)cc1. The van der Waals surface area contributed by atoms with Crippen molar-refractivity contribution in [3.05, 3.63) is 53.1 Å². The minimum atomic E-state index is 0.142. The number of ether oxygens (including phenoxy) is 1. The van der Waals surface area contributed by atoms with Crippen LogP contribution in [0.25, 0.3) is 0 Å². The predicted octanol–water partition coefficient (Wildman–Crippen LogP) is 2.43. The molecule has 1 aromatic heterocycles. The van der Waals surface area contributed by atoms with Gasteiger partial charge in [0.05, 0.1) is 25.3 Å². The van der Waals surface area contributed by atoms with Crippen molar-refractivity contribution in [3.63, 3.8) is 0 Å². The van der Waals surface area contributed by atoms with Crippen molar-refractivity contribution in [2.75, 3.05) is 20.2 Å². The van der Waals surface area contributed by atoms with Crippen LogP contribution in [0.15, 0.2) is 30.5 Å². The summed E-state index contributed by atoms with van der Waals surface area (Å²) in [5.41, 5.74) is 3.17. The Labute approximate surface area is 160 Å². The van der Waals surface area contributed by atoms with Crippen LogP contribution in [0.3, 0.4) is 0 Å². The van der Waals surface area contributed by atoms with Crippen LogP contribution in [-0.4, -0.2) is 41.0 Å². The fourth-order valence-electron chi connectivity index (χ4n) is 3.81. The summed E-state index contributed by atoms with van der Waals surface area (Å²) in [5, 5.41) is 3.51. The molecule has 4 rings (SSSR count). The van der Waals surface area contributed by atoms with Gasteiger partial charge in [-0.3, -0.25) is 4.79 Å². The zero-order chi connectivity index (χ0) is 18.6. The van der Waals surface area contributed by atoms with Gasteiger partial charge in [0.2, 0.25) is 5.91 Å². The number of carbonyl (C=O) groups is 1. The van der Waals surface area contributed by atoms with Gasteiger partial charge in [0.1, 0.15) is 11.6 Å². The Kier molecular flexibility index (Phi) is 5.34. The molecule has 6 nitrogen and oxygen atoms in total. The molecule has 0 unspecified atom stereocenters. The van der Waals surface area contributed by atoms with Crippen molar-refractivity contribution in [1.29, 1.82) is 0 Å². The molecule has 142 valence electrons. The molecule has 1 amide bonds. The highest BCUT2D eigenvalue weighted by Crippen LogP contribution is 2.23. The van der Waals surface area contributed by atoms with Gasteiger partial charge in [-0.2, -0.15) is 0 Å². The van der Waals surface area contributed by atoms with E-state index in [2.05, 4.69) is 10.3 Å². The molecule has 0 radical (unpaired) electrons. The number of nitrogens with one attached hydrogen (secondary N) is 1. The van der Waals surface area contributed by atoms with Gasteiger partial charge in [0.15, 0.2) is 0 Å². The Morgan fingerprint density at radius 2 is 2.15 bits per heavy atom. The molecule has 1 saturated heterocycles. The van der Waals surface area contributed by atoms with E-state index in [1.165, 1.54) is 12.8 Å². The van der Waals surface area contributed by atoms with Gasteiger partial charge in [0, 0.05) is 31.3 Å². The molecule has 0 aliphatic carbocycles. The first-order valence-electron chi connectivity index (χ1n) is 9.71. The van der Waals surface area contributed by atoms with Crippen molar-refractivity contribution in [2.45, 2.75) is 44.7 Å². The zero-order valence-corrected chi connectivity index (χ0v) is 15.8. The minimum absolute atomic E-state index is 0.142. The van der Waals surface area contributed by atoms with Gasteiger partial charge in [-0.25, -0.2) is 9.97 Å². The summed E-state index contributed by atoms with van der Waals surface area (Å²) in [6.45, 7) is 2.36. The lowest BCUT2D eigenvalue weighted by molar-refractivity contribution is -0.131. The molecule has 1 atom stereocenters. The lowest BCUT2D eigenvalue weighted by atomic mass is 10.0. The van der Waals surface area contributed by atoms with Crippen LogP contribution in [-0.2, 0) is 24.2 Å². The van der Waals surface area contributed by atoms with E-state index in [0.29, 0.717) is 13.0 Å². The Morgan fingerprint density at radius 1 is 1.30 bits per heavy atom. The molecule has 1 fully saturated rings. The first-order chi connectivity index (χ1) is 13.2. The van der Waals surface area contributed by atoms with Gasteiger partial charge in [-0.1, -0.05) is 18.6 Å². The molecule has 6 heteroatoms. The van der Waals surface area contributed by atoms with Crippen LogP contribution in [0.1, 0.15) is 47.9 Å². The second-order valence-corrected chi connectivity index (χ2v) is 7.29. The number of hydrogen-bond donors (Lipinski definition) is 1. The number of hydrogen-bond acceptors (Lipinski definition) is 5. The molecule has 27 heavy (non-hydrogen) atoms. The Bertz CT molecular complexity index is 800. The summed E-state index contributed by atoms with van der Waals surface area (Å²) in [7, 11) is 1.64. The number of rotatable bonds is 4. The fraction of sp³-hybridized carbons (Fsp3) is 0.476. The summed E-state index contributed by atoms with van der Waals surface area (Å²) in [6, 6.07) is 7.95. The monoisotopic (exact) mass is 366 g/mol. The van der Waals surface area contributed by atoms with Crippen molar-refractivity contribution in [1.82, 2.24) is 20.2 Å². The quantitative estimate of drug-likeness (QED) is 0.900. The van der Waals surface area contributed by atoms with E-state index in [-0.39, 0.29) is 11.9 Å². The standard InChI is InChI=1S/C21H26N4O2/c1-27-17-7-5-15(6-8-17)12-20(26)25-11-9-18-16(14-25)13-23-21(24-18)19-4-2-3-10-22-19/h5-8,13,19,22H,2-4,9-12,14H2,1H3/t19-/m0/s1. The fourth-order valence-corrected chi connectivity index (χ4v) is 3.81.